The summed E-state index contributed by atoms with van der Waals surface area (Å²) in [6, 6.07) is 3.76. The highest BCUT2D eigenvalue weighted by molar-refractivity contribution is 9.10. The van der Waals surface area contributed by atoms with Crippen LogP contribution < -0.4 is 21.7 Å². The minimum Gasteiger partial charge on any atom is -0.289 e. The molecule has 2 aromatic rings. The Morgan fingerprint density at radius 1 is 1.53 bits per heavy atom. The van der Waals surface area contributed by atoms with E-state index in [9.17, 15) is 4.79 Å². The molecule has 0 bridgehead atoms. The highest BCUT2D eigenvalue weighted by Crippen LogP contribution is 2.24. The Kier molecular flexibility index (Phi) is 2.97. The van der Waals surface area contributed by atoms with E-state index in [0.29, 0.717) is 5.65 Å². The Hall–Kier alpha value is -1.90. The molecular formula is C11H11BrN6O. The number of amides is 1. The minimum atomic E-state index is -0.421. The summed E-state index contributed by atoms with van der Waals surface area (Å²) < 4.78 is 2.69. The van der Waals surface area contributed by atoms with Gasteiger partial charge in [-0.25, -0.2) is 16.3 Å². The largest absolute Gasteiger partial charge is 0.289 e. The molecule has 3 rings (SSSR count). The number of imidazole rings is 1. The van der Waals surface area contributed by atoms with Crippen LogP contribution in [0.3, 0.4) is 0 Å². The Morgan fingerprint density at radius 2 is 2.37 bits per heavy atom. The van der Waals surface area contributed by atoms with Crippen LogP contribution in [0.4, 0.5) is 5.82 Å². The van der Waals surface area contributed by atoms with Crippen LogP contribution in [0.25, 0.3) is 5.65 Å². The monoisotopic (exact) mass is 322 g/mol. The van der Waals surface area contributed by atoms with Crippen LogP contribution >= 0.6 is 15.9 Å². The fourth-order valence-electron chi connectivity index (χ4n) is 1.93. The van der Waals surface area contributed by atoms with Crippen LogP contribution in [0.15, 0.2) is 35.1 Å². The Morgan fingerprint density at radius 3 is 3.05 bits per heavy atom. The lowest BCUT2D eigenvalue weighted by atomic mass is 10.4. The van der Waals surface area contributed by atoms with Gasteiger partial charge in [-0.1, -0.05) is 22.0 Å². The van der Waals surface area contributed by atoms with Gasteiger partial charge in [0, 0.05) is 23.4 Å². The predicted molar refractivity (Wildman–Crippen MR) is 74.2 cm³/mol. The number of nitrogens with two attached hydrogens (primary N) is 1. The Labute approximate surface area is 117 Å². The van der Waals surface area contributed by atoms with E-state index >= 15 is 0 Å². The zero-order valence-corrected chi connectivity index (χ0v) is 11.4. The van der Waals surface area contributed by atoms with E-state index < -0.39 is 5.91 Å². The van der Waals surface area contributed by atoms with Crippen LogP contribution in [-0.4, -0.2) is 21.8 Å². The van der Waals surface area contributed by atoms with E-state index in [1.165, 1.54) is 0 Å². The van der Waals surface area contributed by atoms with E-state index in [0.717, 1.165) is 16.8 Å². The molecule has 0 radical (unpaired) electrons. The molecule has 98 valence electrons. The van der Waals surface area contributed by atoms with Gasteiger partial charge in [-0.2, -0.15) is 0 Å². The first kappa shape index (κ1) is 12.2. The average Bonchev–Trinajstić information content (AvgIpc) is 3.05. The minimum absolute atomic E-state index is 0.269. The third-order valence-electron chi connectivity index (χ3n) is 2.76. The van der Waals surface area contributed by atoms with E-state index in [1.54, 1.807) is 6.20 Å². The lowest BCUT2D eigenvalue weighted by Gasteiger charge is -2.17. The molecule has 1 aliphatic heterocycles. The quantitative estimate of drug-likeness (QED) is 0.426. The van der Waals surface area contributed by atoms with Crippen LogP contribution in [0.2, 0.25) is 0 Å². The molecule has 0 aromatic carbocycles. The summed E-state index contributed by atoms with van der Waals surface area (Å²) in [4.78, 5) is 15.8. The molecule has 0 unspecified atom stereocenters. The van der Waals surface area contributed by atoms with Crippen molar-refractivity contribution in [3.63, 3.8) is 0 Å². The summed E-state index contributed by atoms with van der Waals surface area (Å²) in [7, 11) is 0. The van der Waals surface area contributed by atoms with Gasteiger partial charge in [0.25, 0.3) is 5.91 Å². The first-order chi connectivity index (χ1) is 9.19. The number of rotatable bonds is 2. The van der Waals surface area contributed by atoms with Crippen molar-refractivity contribution in [1.82, 2.24) is 20.2 Å². The molecule has 0 spiro atoms. The van der Waals surface area contributed by atoms with Gasteiger partial charge in [0.15, 0.2) is 0 Å². The van der Waals surface area contributed by atoms with Crippen molar-refractivity contribution >= 4 is 33.3 Å². The molecule has 4 N–H and O–H groups in total. The molecule has 8 heteroatoms. The number of pyridine rings is 1. The third-order valence-corrected chi connectivity index (χ3v) is 3.22. The molecule has 0 saturated carbocycles. The molecule has 0 saturated heterocycles. The molecule has 0 atom stereocenters. The van der Waals surface area contributed by atoms with Crippen molar-refractivity contribution in [2.24, 2.45) is 5.84 Å². The summed E-state index contributed by atoms with van der Waals surface area (Å²) in [5.74, 6) is 5.55. The number of hydrogen-bond donors (Lipinski definition) is 3. The first-order valence-corrected chi connectivity index (χ1v) is 6.37. The van der Waals surface area contributed by atoms with Gasteiger partial charge in [0.05, 0.1) is 0 Å². The second kappa shape index (κ2) is 4.65. The summed E-state index contributed by atoms with van der Waals surface area (Å²) >= 11 is 3.44. The second-order valence-electron chi connectivity index (χ2n) is 3.98. The van der Waals surface area contributed by atoms with Crippen LogP contribution in [0.1, 0.15) is 10.5 Å². The molecule has 2 aromatic heterocycles. The molecule has 1 aliphatic rings. The zero-order valence-electron chi connectivity index (χ0n) is 9.80. The zero-order chi connectivity index (χ0) is 13.4. The fraction of sp³-hybridized carbons (Fsp3) is 0.0909. The third kappa shape index (κ3) is 2.09. The number of halogens is 1. The normalized spacial score (nSPS) is 14.3. The van der Waals surface area contributed by atoms with Crippen molar-refractivity contribution in [2.75, 3.05) is 11.6 Å². The van der Waals surface area contributed by atoms with Crippen molar-refractivity contribution in [3.8, 4) is 0 Å². The van der Waals surface area contributed by atoms with E-state index in [2.05, 4.69) is 31.8 Å². The maximum atomic E-state index is 11.5. The first-order valence-electron chi connectivity index (χ1n) is 5.58. The number of nitrogens with zero attached hydrogens (tertiary/aromatic N) is 3. The molecule has 19 heavy (non-hydrogen) atoms. The molecule has 1 amide bonds. The van der Waals surface area contributed by atoms with Gasteiger partial charge >= 0.3 is 0 Å². The second-order valence-corrected chi connectivity index (χ2v) is 4.89. The summed E-state index contributed by atoms with van der Waals surface area (Å²) in [5, 5.41) is 1.86. The number of carbonyl (C=O) groups excluding carboxylic acids is 1. The standard InChI is InChI=1S/C11H11BrN6O/c12-7-4-9-15-8(11(19)16-13)6-17(9)10(5-7)18-3-1-2-14-18/h1,3-6,14H,2,13H2,(H,16,19). The molecule has 0 aliphatic carbocycles. The fourth-order valence-corrected chi connectivity index (χ4v) is 2.34. The molecule has 0 fully saturated rings. The van der Waals surface area contributed by atoms with Crippen LogP contribution in [-0.2, 0) is 0 Å². The highest BCUT2D eigenvalue weighted by Gasteiger charge is 2.16. The van der Waals surface area contributed by atoms with Gasteiger partial charge < -0.3 is 0 Å². The summed E-state index contributed by atoms with van der Waals surface area (Å²) in [6.45, 7) is 0.763. The number of carbonyl (C=O) groups is 1. The van der Waals surface area contributed by atoms with Gasteiger partial charge in [-0.15, -0.1) is 0 Å². The van der Waals surface area contributed by atoms with Crippen molar-refractivity contribution < 1.29 is 4.79 Å². The summed E-state index contributed by atoms with van der Waals surface area (Å²) in [6.07, 6.45) is 5.56. The van der Waals surface area contributed by atoms with E-state index in [4.69, 9.17) is 5.84 Å². The number of aromatic nitrogens is 2. The van der Waals surface area contributed by atoms with E-state index in [1.807, 2.05) is 33.8 Å². The van der Waals surface area contributed by atoms with Gasteiger partial charge in [-0.3, -0.25) is 19.6 Å². The van der Waals surface area contributed by atoms with Gasteiger partial charge in [-0.05, 0) is 12.1 Å². The number of nitrogens with one attached hydrogen (secondary N) is 2. The molecule has 7 nitrogen and oxygen atoms in total. The van der Waals surface area contributed by atoms with Crippen molar-refractivity contribution in [2.45, 2.75) is 0 Å². The SMILES string of the molecule is NNC(=O)c1cn2c(N3C=CCN3)cc(Br)cc2n1. The smallest absolute Gasteiger partial charge is 0.285 e. The van der Waals surface area contributed by atoms with Crippen LogP contribution in [0, 0.1) is 0 Å². The van der Waals surface area contributed by atoms with Gasteiger partial charge in [0.2, 0.25) is 0 Å². The lowest BCUT2D eigenvalue weighted by Crippen LogP contribution is -2.30. The van der Waals surface area contributed by atoms with Crippen molar-refractivity contribution in [3.05, 3.63) is 40.8 Å². The van der Waals surface area contributed by atoms with Crippen molar-refractivity contribution in [1.29, 1.82) is 0 Å². The van der Waals surface area contributed by atoms with Gasteiger partial charge in [0.1, 0.15) is 17.2 Å². The topological polar surface area (TPSA) is 87.7 Å². The highest BCUT2D eigenvalue weighted by atomic mass is 79.9. The number of fused-ring (bicyclic) bond motifs is 1. The Bertz CT molecular complexity index is 679. The number of hydrazine groups is 2. The maximum absolute atomic E-state index is 11.5. The molecular weight excluding hydrogens is 312 g/mol. The maximum Gasteiger partial charge on any atom is 0.285 e. The lowest BCUT2D eigenvalue weighted by molar-refractivity contribution is 0.0949. The predicted octanol–water partition coefficient (Wildman–Crippen LogP) is 0.539. The molecule has 3 heterocycles. The Balaban J connectivity index is 2.17. The number of hydrogen-bond acceptors (Lipinski definition) is 5. The van der Waals surface area contributed by atoms with E-state index in [-0.39, 0.29) is 5.69 Å². The average molecular weight is 323 g/mol. The summed E-state index contributed by atoms with van der Waals surface area (Å²) in [5.41, 5.74) is 6.17. The van der Waals surface area contributed by atoms with Crippen LogP contribution in [0.5, 0.6) is 0 Å². The number of anilines is 1. The number of nitrogen functional groups attached to an aromatic ring is 1.